The molecule has 0 saturated carbocycles. The summed E-state index contributed by atoms with van der Waals surface area (Å²) in [7, 11) is 0. The lowest BCUT2D eigenvalue weighted by atomic mass is 10.1. The van der Waals surface area contributed by atoms with Crippen molar-refractivity contribution < 1.29 is 0 Å². The highest BCUT2D eigenvalue weighted by atomic mass is 14.9. The standard InChI is InChI=1S/C23H29N3/c1-4-17-25-22(20-10-6-5-7-11-20)12-8-9-19(3)26-23(24)21-15-13-18(2)14-16-21/h5-7,9-16,25H,4,8,17H2,1-3H3,(H2,24,26)/b19-9-,22-12-. The molecule has 0 unspecified atom stereocenters. The van der Waals surface area contributed by atoms with Crippen molar-refractivity contribution >= 4 is 11.5 Å². The lowest BCUT2D eigenvalue weighted by Crippen LogP contribution is -2.13. The van der Waals surface area contributed by atoms with Crippen molar-refractivity contribution in [2.24, 2.45) is 10.7 Å². The summed E-state index contributed by atoms with van der Waals surface area (Å²) in [5.74, 6) is 0.551. The predicted octanol–water partition coefficient (Wildman–Crippen LogP) is 5.03. The van der Waals surface area contributed by atoms with E-state index in [-0.39, 0.29) is 0 Å². The van der Waals surface area contributed by atoms with Crippen LogP contribution in [0.15, 0.2) is 77.4 Å². The molecule has 3 nitrogen and oxygen atoms in total. The van der Waals surface area contributed by atoms with Crippen LogP contribution in [-0.4, -0.2) is 12.4 Å². The number of rotatable bonds is 8. The average molecular weight is 348 g/mol. The first-order valence-electron chi connectivity index (χ1n) is 9.17. The summed E-state index contributed by atoms with van der Waals surface area (Å²) in [5.41, 5.74) is 11.6. The Balaban J connectivity index is 2.08. The molecule has 0 bridgehead atoms. The van der Waals surface area contributed by atoms with E-state index in [1.807, 2.05) is 37.3 Å². The Morgan fingerprint density at radius 2 is 1.69 bits per heavy atom. The number of aliphatic imine (C=N–C) groups is 1. The molecule has 136 valence electrons. The van der Waals surface area contributed by atoms with E-state index < -0.39 is 0 Å². The number of hydrogen-bond donors (Lipinski definition) is 2. The SMILES string of the molecule is CCCN/C(=C\C/C=C(/C)N=C(N)c1ccc(C)cc1)c1ccccc1. The van der Waals surface area contributed by atoms with Crippen molar-refractivity contribution in [1.82, 2.24) is 5.32 Å². The smallest absolute Gasteiger partial charge is 0.130 e. The zero-order valence-electron chi connectivity index (χ0n) is 16.0. The summed E-state index contributed by atoms with van der Waals surface area (Å²) in [6.45, 7) is 7.17. The van der Waals surface area contributed by atoms with Crippen molar-refractivity contribution in [2.45, 2.75) is 33.6 Å². The van der Waals surface area contributed by atoms with Crippen LogP contribution in [0.1, 0.15) is 43.4 Å². The van der Waals surface area contributed by atoms with Crippen LogP contribution in [0, 0.1) is 6.92 Å². The van der Waals surface area contributed by atoms with E-state index >= 15 is 0 Å². The van der Waals surface area contributed by atoms with Gasteiger partial charge >= 0.3 is 0 Å². The highest BCUT2D eigenvalue weighted by molar-refractivity contribution is 5.98. The van der Waals surface area contributed by atoms with Crippen LogP contribution in [0.2, 0.25) is 0 Å². The van der Waals surface area contributed by atoms with Crippen molar-refractivity contribution in [3.05, 3.63) is 89.1 Å². The summed E-state index contributed by atoms with van der Waals surface area (Å²) in [4.78, 5) is 4.51. The van der Waals surface area contributed by atoms with E-state index in [4.69, 9.17) is 5.73 Å². The predicted molar refractivity (Wildman–Crippen MR) is 113 cm³/mol. The lowest BCUT2D eigenvalue weighted by Gasteiger charge is -2.10. The highest BCUT2D eigenvalue weighted by Gasteiger charge is 2.00. The van der Waals surface area contributed by atoms with Gasteiger partial charge in [0.25, 0.3) is 0 Å². The van der Waals surface area contributed by atoms with Gasteiger partial charge in [0, 0.05) is 23.5 Å². The molecule has 3 heteroatoms. The van der Waals surface area contributed by atoms with Gasteiger partial charge in [-0.1, -0.05) is 79.2 Å². The third-order valence-corrected chi connectivity index (χ3v) is 4.03. The Bertz CT molecular complexity index is 769. The van der Waals surface area contributed by atoms with Crippen LogP contribution in [0.3, 0.4) is 0 Å². The fourth-order valence-electron chi connectivity index (χ4n) is 2.54. The van der Waals surface area contributed by atoms with E-state index in [9.17, 15) is 0 Å². The first-order valence-corrected chi connectivity index (χ1v) is 9.17. The molecular formula is C23H29N3. The van der Waals surface area contributed by atoms with Crippen molar-refractivity contribution in [3.8, 4) is 0 Å². The maximum absolute atomic E-state index is 6.12. The van der Waals surface area contributed by atoms with Crippen LogP contribution >= 0.6 is 0 Å². The second-order valence-corrected chi connectivity index (χ2v) is 6.35. The van der Waals surface area contributed by atoms with E-state index in [1.54, 1.807) is 0 Å². The Morgan fingerprint density at radius 3 is 2.35 bits per heavy atom. The minimum absolute atomic E-state index is 0.551. The third-order valence-electron chi connectivity index (χ3n) is 4.03. The zero-order chi connectivity index (χ0) is 18.8. The molecule has 0 radical (unpaired) electrons. The molecular weight excluding hydrogens is 318 g/mol. The maximum Gasteiger partial charge on any atom is 0.130 e. The number of amidine groups is 1. The molecule has 0 heterocycles. The second-order valence-electron chi connectivity index (χ2n) is 6.35. The van der Waals surface area contributed by atoms with Gasteiger partial charge in [-0.05, 0) is 32.3 Å². The number of hydrogen-bond acceptors (Lipinski definition) is 2. The summed E-state index contributed by atoms with van der Waals surface area (Å²) in [6.07, 6.45) is 6.19. The van der Waals surface area contributed by atoms with Gasteiger partial charge in [-0.25, -0.2) is 4.99 Å². The fourth-order valence-corrected chi connectivity index (χ4v) is 2.54. The van der Waals surface area contributed by atoms with Crippen LogP contribution in [0.25, 0.3) is 5.70 Å². The molecule has 0 spiro atoms. The largest absolute Gasteiger partial charge is 0.385 e. The van der Waals surface area contributed by atoms with Crippen LogP contribution in [-0.2, 0) is 0 Å². The number of nitrogens with two attached hydrogens (primary N) is 1. The van der Waals surface area contributed by atoms with Crippen molar-refractivity contribution in [3.63, 3.8) is 0 Å². The summed E-state index contributed by atoms with van der Waals surface area (Å²) in [5, 5.41) is 3.50. The molecule has 0 aliphatic heterocycles. The molecule has 3 N–H and O–H groups in total. The van der Waals surface area contributed by atoms with Gasteiger partial charge in [0.15, 0.2) is 0 Å². The average Bonchev–Trinajstić information content (AvgIpc) is 2.65. The molecule has 2 aromatic rings. The second kappa shape index (κ2) is 10.2. The molecule has 2 rings (SSSR count). The van der Waals surface area contributed by atoms with Crippen molar-refractivity contribution in [1.29, 1.82) is 0 Å². The Kier molecular flexibility index (Phi) is 7.69. The lowest BCUT2D eigenvalue weighted by molar-refractivity contribution is 0.822. The summed E-state index contributed by atoms with van der Waals surface area (Å²) in [6, 6.07) is 18.5. The minimum atomic E-state index is 0.551. The van der Waals surface area contributed by atoms with Gasteiger partial charge in [-0.2, -0.15) is 0 Å². The Labute approximate surface area is 157 Å². The van der Waals surface area contributed by atoms with Crippen molar-refractivity contribution in [2.75, 3.05) is 6.54 Å². The molecule has 0 aliphatic carbocycles. The quantitative estimate of drug-likeness (QED) is 0.519. The van der Waals surface area contributed by atoms with Gasteiger partial charge in [-0.15, -0.1) is 0 Å². The number of benzene rings is 2. The summed E-state index contributed by atoms with van der Waals surface area (Å²) >= 11 is 0. The number of nitrogens with zero attached hydrogens (tertiary/aromatic N) is 1. The molecule has 0 fully saturated rings. The van der Waals surface area contributed by atoms with Gasteiger partial charge in [0.05, 0.1) is 0 Å². The molecule has 2 aromatic carbocycles. The first kappa shape index (κ1) is 19.5. The number of allylic oxidation sites excluding steroid dienone is 3. The van der Waals surface area contributed by atoms with Gasteiger partial charge < -0.3 is 11.1 Å². The number of aryl methyl sites for hydroxylation is 1. The molecule has 0 saturated heterocycles. The van der Waals surface area contributed by atoms with Gasteiger partial charge in [-0.3, -0.25) is 0 Å². The molecule has 26 heavy (non-hydrogen) atoms. The van der Waals surface area contributed by atoms with E-state index in [2.05, 4.69) is 60.6 Å². The van der Waals surface area contributed by atoms with Gasteiger partial charge in [0.2, 0.25) is 0 Å². The normalized spacial score (nSPS) is 13.0. The highest BCUT2D eigenvalue weighted by Crippen LogP contribution is 2.13. The minimum Gasteiger partial charge on any atom is -0.385 e. The fraction of sp³-hybridized carbons (Fsp3) is 0.261. The maximum atomic E-state index is 6.12. The summed E-state index contributed by atoms with van der Waals surface area (Å²) < 4.78 is 0. The van der Waals surface area contributed by atoms with E-state index in [0.29, 0.717) is 5.84 Å². The third kappa shape index (κ3) is 6.25. The molecule has 0 aliphatic rings. The molecule has 0 atom stereocenters. The number of nitrogens with one attached hydrogen (secondary N) is 1. The zero-order valence-corrected chi connectivity index (χ0v) is 16.0. The van der Waals surface area contributed by atoms with E-state index in [1.165, 1.54) is 11.1 Å². The van der Waals surface area contributed by atoms with E-state index in [0.717, 1.165) is 36.3 Å². The van der Waals surface area contributed by atoms with Crippen LogP contribution in [0.5, 0.6) is 0 Å². The van der Waals surface area contributed by atoms with Gasteiger partial charge in [0.1, 0.15) is 5.84 Å². The monoisotopic (exact) mass is 347 g/mol. The molecule has 0 aromatic heterocycles. The topological polar surface area (TPSA) is 50.4 Å². The molecule has 0 amide bonds. The Hall–Kier alpha value is -2.81. The Morgan fingerprint density at radius 1 is 1.00 bits per heavy atom. The van der Waals surface area contributed by atoms with Crippen LogP contribution in [0.4, 0.5) is 0 Å². The van der Waals surface area contributed by atoms with Crippen LogP contribution < -0.4 is 11.1 Å². The first-order chi connectivity index (χ1) is 12.6.